The highest BCUT2D eigenvalue weighted by molar-refractivity contribution is 14.1. The molecule has 1 heterocycles. The first-order valence-corrected chi connectivity index (χ1v) is 6.37. The summed E-state index contributed by atoms with van der Waals surface area (Å²) in [7, 11) is 0. The zero-order valence-electron chi connectivity index (χ0n) is 8.74. The Kier molecular flexibility index (Phi) is 4.06. The van der Waals surface area contributed by atoms with Gasteiger partial charge in [0, 0.05) is 21.2 Å². The number of carbonyl (C=O) groups is 1. The number of amides is 1. The van der Waals surface area contributed by atoms with Gasteiger partial charge in [-0.15, -0.1) is 0 Å². The van der Waals surface area contributed by atoms with Crippen molar-refractivity contribution in [2.45, 2.75) is 6.54 Å². The molecule has 0 saturated carbocycles. The number of carbonyl (C=O) groups excluding carboxylic acids is 1. The first-order valence-electron chi connectivity index (χ1n) is 4.91. The third kappa shape index (κ3) is 3.23. The van der Waals surface area contributed by atoms with E-state index in [1.165, 1.54) is 0 Å². The van der Waals surface area contributed by atoms with Gasteiger partial charge in [-0.25, -0.2) is 0 Å². The number of benzene rings is 1. The molecule has 88 valence electrons. The lowest BCUT2D eigenvalue weighted by atomic mass is 10.2. The average Bonchev–Trinajstić information content (AvgIpc) is 2.82. The second kappa shape index (κ2) is 5.55. The predicted molar refractivity (Wildman–Crippen MR) is 74.0 cm³/mol. The van der Waals surface area contributed by atoms with E-state index in [4.69, 9.17) is 16.0 Å². The lowest BCUT2D eigenvalue weighted by molar-refractivity contribution is 0.0951. The first kappa shape index (κ1) is 12.4. The minimum atomic E-state index is -0.149. The Morgan fingerprint density at radius 1 is 1.41 bits per heavy atom. The number of nitrogens with one attached hydrogen (secondary N) is 1. The molecule has 0 atom stereocenters. The summed E-state index contributed by atoms with van der Waals surface area (Å²) >= 11 is 8.07. The molecule has 2 rings (SSSR count). The Bertz CT molecular complexity index is 525. The number of furan rings is 1. The Balaban J connectivity index is 2.02. The predicted octanol–water partition coefficient (Wildman–Crippen LogP) is 3.47. The maximum Gasteiger partial charge on any atom is 0.251 e. The fourth-order valence-electron chi connectivity index (χ4n) is 1.32. The van der Waals surface area contributed by atoms with Crippen LogP contribution >= 0.6 is 34.2 Å². The lowest BCUT2D eigenvalue weighted by Gasteiger charge is -2.04. The van der Waals surface area contributed by atoms with E-state index < -0.39 is 0 Å². The summed E-state index contributed by atoms with van der Waals surface area (Å²) in [6.45, 7) is 0.443. The monoisotopic (exact) mass is 361 g/mol. The number of halogens is 2. The molecule has 5 heteroatoms. The van der Waals surface area contributed by atoms with Crippen molar-refractivity contribution in [1.82, 2.24) is 5.32 Å². The highest BCUT2D eigenvalue weighted by atomic mass is 127. The zero-order valence-corrected chi connectivity index (χ0v) is 11.7. The summed E-state index contributed by atoms with van der Waals surface area (Å²) in [6, 6.07) is 7.03. The average molecular weight is 362 g/mol. The van der Waals surface area contributed by atoms with Crippen LogP contribution in [0.25, 0.3) is 0 Å². The third-order valence-electron chi connectivity index (χ3n) is 2.21. The molecule has 0 aliphatic rings. The lowest BCUT2D eigenvalue weighted by Crippen LogP contribution is -2.22. The molecule has 0 aliphatic heterocycles. The van der Waals surface area contributed by atoms with E-state index in [-0.39, 0.29) is 5.91 Å². The largest absolute Gasteiger partial charge is 0.472 e. The topological polar surface area (TPSA) is 42.2 Å². The molecule has 17 heavy (non-hydrogen) atoms. The van der Waals surface area contributed by atoms with Crippen LogP contribution in [0.5, 0.6) is 0 Å². The quantitative estimate of drug-likeness (QED) is 0.851. The Morgan fingerprint density at radius 3 is 2.88 bits per heavy atom. The third-order valence-corrected chi connectivity index (χ3v) is 3.79. The van der Waals surface area contributed by atoms with Crippen molar-refractivity contribution in [3.63, 3.8) is 0 Å². The standard InChI is InChI=1S/C12H9ClINO2/c13-10-5-9(1-2-11(10)14)12(16)15-6-8-3-4-17-7-8/h1-5,7H,6H2,(H,15,16). The van der Waals surface area contributed by atoms with Crippen LogP contribution in [0.15, 0.2) is 41.2 Å². The van der Waals surface area contributed by atoms with Crippen molar-refractivity contribution in [3.8, 4) is 0 Å². The van der Waals surface area contributed by atoms with Crippen molar-refractivity contribution >= 4 is 40.1 Å². The van der Waals surface area contributed by atoms with E-state index in [2.05, 4.69) is 27.9 Å². The van der Waals surface area contributed by atoms with Gasteiger partial charge in [0.15, 0.2) is 0 Å². The van der Waals surface area contributed by atoms with Gasteiger partial charge < -0.3 is 9.73 Å². The normalized spacial score (nSPS) is 10.2. The molecule has 3 nitrogen and oxygen atoms in total. The molecule has 0 saturated heterocycles. The summed E-state index contributed by atoms with van der Waals surface area (Å²) in [5, 5.41) is 3.37. The van der Waals surface area contributed by atoms with Crippen LogP contribution in [0.3, 0.4) is 0 Å². The molecular formula is C12H9ClINO2. The summed E-state index contributed by atoms with van der Waals surface area (Å²) in [6.07, 6.45) is 3.17. The Labute approximate surface area is 117 Å². The minimum absolute atomic E-state index is 0.149. The van der Waals surface area contributed by atoms with Crippen LogP contribution in [0.4, 0.5) is 0 Å². The molecule has 0 spiro atoms. The Hall–Kier alpha value is -1.01. The summed E-state index contributed by atoms with van der Waals surface area (Å²) in [5.41, 5.74) is 1.48. The van der Waals surface area contributed by atoms with Gasteiger partial charge in [0.05, 0.1) is 17.5 Å². The zero-order chi connectivity index (χ0) is 12.3. The van der Waals surface area contributed by atoms with Gasteiger partial charge in [0.2, 0.25) is 0 Å². The molecule has 0 radical (unpaired) electrons. The molecule has 0 fully saturated rings. The molecule has 1 aromatic carbocycles. The van der Waals surface area contributed by atoms with Crippen molar-refractivity contribution in [2.24, 2.45) is 0 Å². The van der Waals surface area contributed by atoms with Crippen molar-refractivity contribution in [1.29, 1.82) is 0 Å². The number of hydrogen-bond donors (Lipinski definition) is 1. The molecule has 1 amide bonds. The highest BCUT2D eigenvalue weighted by Crippen LogP contribution is 2.19. The van der Waals surface area contributed by atoms with Gasteiger partial charge in [0.25, 0.3) is 5.91 Å². The van der Waals surface area contributed by atoms with E-state index in [9.17, 15) is 4.79 Å². The summed E-state index contributed by atoms with van der Waals surface area (Å²) in [4.78, 5) is 11.8. The van der Waals surface area contributed by atoms with E-state index >= 15 is 0 Å². The smallest absolute Gasteiger partial charge is 0.251 e. The second-order valence-corrected chi connectivity index (χ2v) is 5.01. The van der Waals surface area contributed by atoms with Crippen LogP contribution in [0.2, 0.25) is 5.02 Å². The van der Waals surface area contributed by atoms with E-state index in [0.29, 0.717) is 17.1 Å². The van der Waals surface area contributed by atoms with Gasteiger partial charge in [-0.3, -0.25) is 4.79 Å². The van der Waals surface area contributed by atoms with E-state index in [0.717, 1.165) is 9.13 Å². The fraction of sp³-hybridized carbons (Fsp3) is 0.0833. The minimum Gasteiger partial charge on any atom is -0.472 e. The van der Waals surface area contributed by atoms with E-state index in [1.807, 2.05) is 6.07 Å². The first-order chi connectivity index (χ1) is 8.16. The van der Waals surface area contributed by atoms with Crippen molar-refractivity contribution < 1.29 is 9.21 Å². The second-order valence-electron chi connectivity index (χ2n) is 3.44. The van der Waals surface area contributed by atoms with Crippen LogP contribution in [0, 0.1) is 3.57 Å². The molecule has 0 aliphatic carbocycles. The molecule has 0 unspecified atom stereocenters. The van der Waals surface area contributed by atoms with Gasteiger partial charge in [-0.2, -0.15) is 0 Å². The maximum absolute atomic E-state index is 11.8. The summed E-state index contributed by atoms with van der Waals surface area (Å²) in [5.74, 6) is -0.149. The number of rotatable bonds is 3. The van der Waals surface area contributed by atoms with Gasteiger partial charge in [-0.05, 0) is 46.9 Å². The maximum atomic E-state index is 11.8. The van der Waals surface area contributed by atoms with Crippen LogP contribution < -0.4 is 5.32 Å². The van der Waals surface area contributed by atoms with Crippen molar-refractivity contribution in [2.75, 3.05) is 0 Å². The summed E-state index contributed by atoms with van der Waals surface area (Å²) < 4.78 is 5.84. The van der Waals surface area contributed by atoms with Gasteiger partial charge in [0.1, 0.15) is 0 Å². The van der Waals surface area contributed by atoms with Gasteiger partial charge >= 0.3 is 0 Å². The molecular weight excluding hydrogens is 352 g/mol. The van der Waals surface area contributed by atoms with Crippen LogP contribution in [0.1, 0.15) is 15.9 Å². The highest BCUT2D eigenvalue weighted by Gasteiger charge is 2.07. The molecule has 0 bridgehead atoms. The van der Waals surface area contributed by atoms with Crippen LogP contribution in [-0.2, 0) is 6.54 Å². The Morgan fingerprint density at radius 2 is 2.24 bits per heavy atom. The molecule has 1 N–H and O–H groups in total. The molecule has 1 aromatic heterocycles. The van der Waals surface area contributed by atoms with Crippen molar-refractivity contribution in [3.05, 3.63) is 56.5 Å². The van der Waals surface area contributed by atoms with E-state index in [1.54, 1.807) is 30.7 Å². The SMILES string of the molecule is O=C(NCc1ccoc1)c1ccc(I)c(Cl)c1. The van der Waals surface area contributed by atoms with Crippen LogP contribution in [-0.4, -0.2) is 5.91 Å². The van der Waals surface area contributed by atoms with Gasteiger partial charge in [-0.1, -0.05) is 11.6 Å². The molecule has 2 aromatic rings. The number of hydrogen-bond acceptors (Lipinski definition) is 2. The fourth-order valence-corrected chi connectivity index (χ4v) is 1.83.